The standard InChI is InChI=1S/C17H28N12O2.ClH/c18-8-1-9(19)5-28(4-8)15-25-14(23-12-3-22-17(31)24-13(12)30)26-16(27-15)29-6-10(20)2-11(21)7-29;/h3,8-11H,1-2,4-7,18-21H2,(H2,22,24,30,31)(H,23,25,26,27);1H/t8-,9+,10-,11+;. The van der Waals surface area contributed by atoms with Crippen molar-refractivity contribution in [1.29, 1.82) is 0 Å². The molecule has 15 heteroatoms. The van der Waals surface area contributed by atoms with Crippen molar-refractivity contribution < 1.29 is 0 Å². The van der Waals surface area contributed by atoms with E-state index in [2.05, 4.69) is 30.2 Å². The molecule has 2 aromatic heterocycles. The molecule has 0 radical (unpaired) electrons. The fourth-order valence-corrected chi connectivity index (χ4v) is 4.00. The van der Waals surface area contributed by atoms with E-state index >= 15 is 0 Å². The summed E-state index contributed by atoms with van der Waals surface area (Å²) in [5.41, 5.74) is 23.4. The minimum absolute atomic E-state index is 0. The summed E-state index contributed by atoms with van der Waals surface area (Å²) in [7, 11) is 0. The number of H-pyrrole nitrogens is 2. The minimum Gasteiger partial charge on any atom is -0.338 e. The number of nitrogens with two attached hydrogens (primary N) is 4. The van der Waals surface area contributed by atoms with Gasteiger partial charge < -0.3 is 43.0 Å². The van der Waals surface area contributed by atoms with Crippen molar-refractivity contribution in [2.45, 2.75) is 37.0 Å². The van der Waals surface area contributed by atoms with E-state index in [4.69, 9.17) is 22.9 Å². The van der Waals surface area contributed by atoms with Crippen molar-refractivity contribution in [3.05, 3.63) is 27.0 Å². The molecule has 0 aromatic carbocycles. The highest BCUT2D eigenvalue weighted by Crippen LogP contribution is 2.22. The van der Waals surface area contributed by atoms with E-state index in [0.717, 1.165) is 0 Å². The highest BCUT2D eigenvalue weighted by Gasteiger charge is 2.28. The van der Waals surface area contributed by atoms with Crippen LogP contribution in [-0.4, -0.2) is 75.3 Å². The van der Waals surface area contributed by atoms with Crippen molar-refractivity contribution in [3.63, 3.8) is 0 Å². The summed E-state index contributed by atoms with van der Waals surface area (Å²) >= 11 is 0. The molecule has 0 saturated carbocycles. The molecule has 0 aliphatic carbocycles. The number of piperidine rings is 2. The zero-order chi connectivity index (χ0) is 22.1. The molecule has 14 nitrogen and oxygen atoms in total. The van der Waals surface area contributed by atoms with Crippen molar-refractivity contribution in [1.82, 2.24) is 24.9 Å². The Morgan fingerprint density at radius 2 is 1.31 bits per heavy atom. The van der Waals surface area contributed by atoms with Crippen LogP contribution in [0.2, 0.25) is 0 Å². The molecule has 4 rings (SSSR count). The fourth-order valence-electron chi connectivity index (χ4n) is 4.00. The normalized spacial score (nSPS) is 25.9. The topological polar surface area (TPSA) is 227 Å². The predicted molar refractivity (Wildman–Crippen MR) is 124 cm³/mol. The largest absolute Gasteiger partial charge is 0.338 e. The highest BCUT2D eigenvalue weighted by atomic mass is 35.5. The molecule has 0 unspecified atom stereocenters. The Bertz CT molecular complexity index is 980. The summed E-state index contributed by atoms with van der Waals surface area (Å²) < 4.78 is 0. The Labute approximate surface area is 189 Å². The van der Waals surface area contributed by atoms with Crippen LogP contribution in [0.4, 0.5) is 23.5 Å². The predicted octanol–water partition coefficient (Wildman–Crippen LogP) is -2.86. The van der Waals surface area contributed by atoms with Crippen LogP contribution in [0.1, 0.15) is 12.8 Å². The van der Waals surface area contributed by atoms with Crippen molar-refractivity contribution in [2.75, 3.05) is 41.3 Å². The number of aromatic amines is 2. The molecule has 2 aromatic rings. The molecule has 0 bridgehead atoms. The van der Waals surface area contributed by atoms with Gasteiger partial charge in [-0.25, -0.2) is 4.79 Å². The number of anilines is 4. The zero-order valence-corrected chi connectivity index (χ0v) is 18.2. The first-order valence-corrected chi connectivity index (χ1v) is 10.1. The highest BCUT2D eigenvalue weighted by molar-refractivity contribution is 5.85. The molecule has 0 amide bonds. The SMILES string of the molecule is Cl.N[C@@H]1C[C@H](N)CN(c2nc(Nc3c[nH]c(=O)[nH]c3=O)nc(N3C[C@H](N)C[C@H](N)C3)n2)C1. The molecule has 4 heterocycles. The molecule has 2 saturated heterocycles. The van der Waals surface area contributed by atoms with Gasteiger partial charge in [0.1, 0.15) is 5.69 Å². The van der Waals surface area contributed by atoms with Gasteiger partial charge in [0.15, 0.2) is 0 Å². The number of halogens is 1. The van der Waals surface area contributed by atoms with E-state index < -0.39 is 11.2 Å². The Hall–Kier alpha value is -2.78. The third-order valence-electron chi connectivity index (χ3n) is 5.27. The molecule has 2 aliphatic heterocycles. The van der Waals surface area contributed by atoms with Crippen LogP contribution in [0.25, 0.3) is 0 Å². The molecule has 4 atom stereocenters. The molecule has 0 spiro atoms. The van der Waals surface area contributed by atoms with E-state index in [-0.39, 0.29) is 48.2 Å². The summed E-state index contributed by atoms with van der Waals surface area (Å²) in [6.07, 6.45) is 2.67. The van der Waals surface area contributed by atoms with E-state index in [1.165, 1.54) is 6.20 Å². The van der Waals surface area contributed by atoms with Crippen LogP contribution in [0, 0.1) is 0 Å². The number of hydrogen-bond acceptors (Lipinski definition) is 12. The first-order valence-electron chi connectivity index (χ1n) is 10.1. The molecule has 2 fully saturated rings. The lowest BCUT2D eigenvalue weighted by Gasteiger charge is -2.36. The van der Waals surface area contributed by atoms with Crippen LogP contribution < -0.4 is 49.3 Å². The lowest BCUT2D eigenvalue weighted by molar-refractivity contribution is 0.441. The molecule has 2 aliphatic rings. The average molecular weight is 469 g/mol. The smallest absolute Gasteiger partial charge is 0.325 e. The molecule has 176 valence electrons. The summed E-state index contributed by atoms with van der Waals surface area (Å²) in [5, 5.41) is 2.85. The maximum atomic E-state index is 12.1. The van der Waals surface area contributed by atoms with Gasteiger partial charge in [-0.3, -0.25) is 9.78 Å². The third kappa shape index (κ3) is 5.52. The summed E-state index contributed by atoms with van der Waals surface area (Å²) in [6, 6.07) is -0.447. The van der Waals surface area contributed by atoms with Crippen molar-refractivity contribution >= 4 is 35.9 Å². The third-order valence-corrected chi connectivity index (χ3v) is 5.27. The minimum atomic E-state index is -0.611. The van der Waals surface area contributed by atoms with Crippen LogP contribution in [-0.2, 0) is 0 Å². The molecule has 32 heavy (non-hydrogen) atoms. The average Bonchev–Trinajstić information content (AvgIpc) is 2.68. The van der Waals surface area contributed by atoms with Gasteiger partial charge in [-0.1, -0.05) is 0 Å². The Kier molecular flexibility index (Phi) is 7.30. The van der Waals surface area contributed by atoms with E-state index in [0.29, 0.717) is 50.9 Å². The summed E-state index contributed by atoms with van der Waals surface area (Å²) in [5.74, 6) is 0.899. The van der Waals surface area contributed by atoms with Gasteiger partial charge in [0, 0.05) is 56.5 Å². The summed E-state index contributed by atoms with van der Waals surface area (Å²) in [6.45, 7) is 2.15. The second-order valence-corrected chi connectivity index (χ2v) is 8.19. The van der Waals surface area contributed by atoms with Crippen molar-refractivity contribution in [3.8, 4) is 0 Å². The first kappa shape index (κ1) is 23.9. The van der Waals surface area contributed by atoms with Gasteiger partial charge in [0.2, 0.25) is 17.8 Å². The zero-order valence-electron chi connectivity index (χ0n) is 17.4. The summed E-state index contributed by atoms with van der Waals surface area (Å²) in [4.78, 5) is 45.3. The van der Waals surface area contributed by atoms with Crippen LogP contribution in [0.3, 0.4) is 0 Å². The molecular weight excluding hydrogens is 440 g/mol. The van der Waals surface area contributed by atoms with Gasteiger partial charge in [0.05, 0.1) is 0 Å². The van der Waals surface area contributed by atoms with Gasteiger partial charge in [-0.15, -0.1) is 12.4 Å². The number of hydrogen-bond donors (Lipinski definition) is 7. The molecular formula is C17H29ClN12O2. The lowest BCUT2D eigenvalue weighted by atomic mass is 10.0. The van der Waals surface area contributed by atoms with Gasteiger partial charge in [0.25, 0.3) is 5.56 Å². The van der Waals surface area contributed by atoms with Crippen LogP contribution in [0.15, 0.2) is 15.8 Å². The van der Waals surface area contributed by atoms with Crippen LogP contribution >= 0.6 is 12.4 Å². The number of nitrogens with one attached hydrogen (secondary N) is 3. The van der Waals surface area contributed by atoms with Gasteiger partial charge in [-0.05, 0) is 12.8 Å². The number of aromatic nitrogens is 5. The van der Waals surface area contributed by atoms with Crippen molar-refractivity contribution in [2.24, 2.45) is 22.9 Å². The van der Waals surface area contributed by atoms with Gasteiger partial charge >= 0.3 is 5.69 Å². The van der Waals surface area contributed by atoms with E-state index in [9.17, 15) is 9.59 Å². The fraction of sp³-hybridized carbons (Fsp3) is 0.588. The molecule has 11 N–H and O–H groups in total. The second kappa shape index (κ2) is 9.79. The maximum absolute atomic E-state index is 12.1. The van der Waals surface area contributed by atoms with Gasteiger partial charge in [-0.2, -0.15) is 15.0 Å². The Morgan fingerprint density at radius 3 is 1.75 bits per heavy atom. The Balaban J connectivity index is 0.00000289. The second-order valence-electron chi connectivity index (χ2n) is 8.19. The van der Waals surface area contributed by atoms with E-state index in [1.54, 1.807) is 0 Å². The van der Waals surface area contributed by atoms with E-state index in [1.807, 2.05) is 9.80 Å². The number of rotatable bonds is 4. The van der Waals surface area contributed by atoms with Crippen LogP contribution in [0.5, 0.6) is 0 Å². The Morgan fingerprint density at radius 1 is 0.844 bits per heavy atom. The maximum Gasteiger partial charge on any atom is 0.325 e. The quantitative estimate of drug-likeness (QED) is 0.240. The first-order chi connectivity index (χ1) is 14.8. The monoisotopic (exact) mass is 468 g/mol. The number of nitrogens with zero attached hydrogens (tertiary/aromatic N) is 5. The lowest BCUT2D eigenvalue weighted by Crippen LogP contribution is -2.54.